The van der Waals surface area contributed by atoms with Crippen molar-refractivity contribution in [3.8, 4) is 0 Å². The Kier molecular flexibility index (Phi) is 4.12. The van der Waals surface area contributed by atoms with E-state index in [0.29, 0.717) is 13.2 Å². The third kappa shape index (κ3) is 2.91. The van der Waals surface area contributed by atoms with Gasteiger partial charge in [-0.3, -0.25) is 16.3 Å². The van der Waals surface area contributed by atoms with Gasteiger partial charge in [0.2, 0.25) is 0 Å². The van der Waals surface area contributed by atoms with Crippen molar-refractivity contribution in [2.75, 3.05) is 0 Å². The average Bonchev–Trinajstić information content (AvgIpc) is 2.92. The van der Waals surface area contributed by atoms with E-state index < -0.39 is 0 Å². The predicted molar refractivity (Wildman–Crippen MR) is 80.6 cm³/mol. The van der Waals surface area contributed by atoms with Crippen molar-refractivity contribution in [2.24, 2.45) is 5.84 Å². The topological polar surface area (TPSA) is 60.2 Å². The molecule has 104 valence electrons. The van der Waals surface area contributed by atoms with Crippen LogP contribution in [0.2, 0.25) is 0 Å². The summed E-state index contributed by atoms with van der Waals surface area (Å²) in [5.41, 5.74) is 7.74. The number of nitrogens with zero attached hydrogens (tertiary/aromatic N) is 1. The zero-order valence-corrected chi connectivity index (χ0v) is 12.6. The van der Waals surface area contributed by atoms with Gasteiger partial charge in [0.25, 0.3) is 0 Å². The lowest BCUT2D eigenvalue weighted by Gasteiger charge is -2.17. The van der Waals surface area contributed by atoms with E-state index in [1.54, 1.807) is 6.20 Å². The molecule has 4 nitrogen and oxygen atoms in total. The maximum absolute atomic E-state index is 5.72. The molecule has 0 bridgehead atoms. The SMILES string of the molecule is NNC(Cc1cncc(Br)c1)c1ccc2c(c1)COC2. The van der Waals surface area contributed by atoms with E-state index in [1.807, 2.05) is 6.20 Å². The first kappa shape index (κ1) is 13.7. The number of halogens is 1. The zero-order chi connectivity index (χ0) is 13.9. The van der Waals surface area contributed by atoms with Crippen LogP contribution in [-0.4, -0.2) is 4.98 Å². The Hall–Kier alpha value is -1.27. The van der Waals surface area contributed by atoms with Gasteiger partial charge in [-0.1, -0.05) is 18.2 Å². The summed E-state index contributed by atoms with van der Waals surface area (Å²) in [4.78, 5) is 4.19. The Morgan fingerprint density at radius 2 is 2.10 bits per heavy atom. The van der Waals surface area contributed by atoms with Crippen LogP contribution >= 0.6 is 15.9 Å². The van der Waals surface area contributed by atoms with Crippen LogP contribution in [0.1, 0.15) is 28.3 Å². The van der Waals surface area contributed by atoms with Crippen molar-refractivity contribution < 1.29 is 4.74 Å². The molecule has 1 aliphatic heterocycles. The number of rotatable bonds is 4. The Morgan fingerprint density at radius 3 is 2.90 bits per heavy atom. The number of pyridine rings is 1. The molecule has 0 fully saturated rings. The van der Waals surface area contributed by atoms with Crippen LogP contribution in [0.3, 0.4) is 0 Å². The van der Waals surface area contributed by atoms with Gasteiger partial charge < -0.3 is 4.74 Å². The molecule has 20 heavy (non-hydrogen) atoms. The summed E-state index contributed by atoms with van der Waals surface area (Å²) in [6.45, 7) is 1.41. The van der Waals surface area contributed by atoms with E-state index in [4.69, 9.17) is 10.6 Å². The van der Waals surface area contributed by atoms with Crippen molar-refractivity contribution in [3.63, 3.8) is 0 Å². The van der Waals surface area contributed by atoms with E-state index >= 15 is 0 Å². The van der Waals surface area contributed by atoms with Gasteiger partial charge in [-0.15, -0.1) is 0 Å². The summed E-state index contributed by atoms with van der Waals surface area (Å²) in [6.07, 6.45) is 4.44. The molecule has 0 saturated heterocycles. The quantitative estimate of drug-likeness (QED) is 0.667. The van der Waals surface area contributed by atoms with Crippen molar-refractivity contribution in [2.45, 2.75) is 25.7 Å². The molecule has 3 rings (SSSR count). The fourth-order valence-corrected chi connectivity index (χ4v) is 2.90. The van der Waals surface area contributed by atoms with E-state index in [9.17, 15) is 0 Å². The van der Waals surface area contributed by atoms with Crippen molar-refractivity contribution in [3.05, 3.63) is 63.4 Å². The number of hydrogen-bond donors (Lipinski definition) is 2. The summed E-state index contributed by atoms with van der Waals surface area (Å²) in [5.74, 6) is 5.72. The van der Waals surface area contributed by atoms with Crippen LogP contribution < -0.4 is 11.3 Å². The summed E-state index contributed by atoms with van der Waals surface area (Å²) < 4.78 is 6.43. The summed E-state index contributed by atoms with van der Waals surface area (Å²) in [6, 6.07) is 8.55. The molecular weight excluding hydrogens is 318 g/mol. The highest BCUT2D eigenvalue weighted by Crippen LogP contribution is 2.25. The van der Waals surface area contributed by atoms with Gasteiger partial charge in [-0.05, 0) is 50.7 Å². The molecule has 1 aliphatic rings. The lowest BCUT2D eigenvalue weighted by molar-refractivity contribution is 0.134. The normalized spacial score (nSPS) is 15.1. The third-order valence-electron chi connectivity index (χ3n) is 3.55. The van der Waals surface area contributed by atoms with Crippen LogP contribution in [0, 0.1) is 0 Å². The molecule has 5 heteroatoms. The van der Waals surface area contributed by atoms with Crippen LogP contribution in [0.15, 0.2) is 41.1 Å². The number of nitrogens with two attached hydrogens (primary N) is 1. The molecule has 0 spiro atoms. The number of benzene rings is 1. The molecule has 1 unspecified atom stereocenters. The molecule has 1 aromatic heterocycles. The fraction of sp³-hybridized carbons (Fsp3) is 0.267. The minimum atomic E-state index is 0.0667. The molecular formula is C15H16BrN3O. The number of ether oxygens (including phenoxy) is 1. The lowest BCUT2D eigenvalue weighted by atomic mass is 9.97. The molecule has 0 radical (unpaired) electrons. The number of aromatic nitrogens is 1. The first-order chi connectivity index (χ1) is 9.76. The maximum atomic E-state index is 5.72. The van der Waals surface area contributed by atoms with E-state index in [0.717, 1.165) is 16.5 Å². The van der Waals surface area contributed by atoms with E-state index in [2.05, 4.69) is 50.6 Å². The Balaban J connectivity index is 1.83. The largest absolute Gasteiger partial charge is 0.372 e. The summed E-state index contributed by atoms with van der Waals surface area (Å²) in [7, 11) is 0. The Labute approximate surface area is 126 Å². The third-order valence-corrected chi connectivity index (χ3v) is 3.98. The van der Waals surface area contributed by atoms with E-state index in [-0.39, 0.29) is 6.04 Å². The molecule has 0 amide bonds. The molecule has 1 aromatic carbocycles. The van der Waals surface area contributed by atoms with Crippen molar-refractivity contribution in [1.82, 2.24) is 10.4 Å². The van der Waals surface area contributed by atoms with Gasteiger partial charge in [0, 0.05) is 16.9 Å². The highest BCUT2D eigenvalue weighted by Gasteiger charge is 2.16. The monoisotopic (exact) mass is 333 g/mol. The van der Waals surface area contributed by atoms with Crippen molar-refractivity contribution >= 4 is 15.9 Å². The zero-order valence-electron chi connectivity index (χ0n) is 11.0. The lowest BCUT2D eigenvalue weighted by Crippen LogP contribution is -2.29. The van der Waals surface area contributed by atoms with Gasteiger partial charge in [-0.2, -0.15) is 0 Å². The number of nitrogens with one attached hydrogen (secondary N) is 1. The minimum Gasteiger partial charge on any atom is -0.372 e. The standard InChI is InChI=1S/C15H16BrN3O/c16-14-3-10(6-18-7-14)4-15(19-17)11-1-2-12-8-20-9-13(12)5-11/h1-3,5-7,15,19H,4,8-9,17H2. The van der Waals surface area contributed by atoms with Crippen LogP contribution in [0.25, 0.3) is 0 Å². The van der Waals surface area contributed by atoms with Gasteiger partial charge in [-0.25, -0.2) is 0 Å². The second kappa shape index (κ2) is 6.01. The second-order valence-electron chi connectivity index (χ2n) is 4.96. The van der Waals surface area contributed by atoms with Gasteiger partial charge >= 0.3 is 0 Å². The molecule has 2 heterocycles. The Bertz CT molecular complexity index is 618. The van der Waals surface area contributed by atoms with Crippen LogP contribution in [0.5, 0.6) is 0 Å². The number of fused-ring (bicyclic) bond motifs is 1. The first-order valence-electron chi connectivity index (χ1n) is 6.51. The second-order valence-corrected chi connectivity index (χ2v) is 5.87. The summed E-state index contributed by atoms with van der Waals surface area (Å²) >= 11 is 3.44. The highest BCUT2D eigenvalue weighted by molar-refractivity contribution is 9.10. The van der Waals surface area contributed by atoms with Gasteiger partial charge in [0.1, 0.15) is 0 Å². The molecule has 0 saturated carbocycles. The molecule has 2 aromatic rings. The van der Waals surface area contributed by atoms with Gasteiger partial charge in [0.15, 0.2) is 0 Å². The van der Waals surface area contributed by atoms with E-state index in [1.165, 1.54) is 16.7 Å². The molecule has 3 N–H and O–H groups in total. The summed E-state index contributed by atoms with van der Waals surface area (Å²) in [5, 5.41) is 0. The van der Waals surface area contributed by atoms with Crippen LogP contribution in [-0.2, 0) is 24.4 Å². The highest BCUT2D eigenvalue weighted by atomic mass is 79.9. The fourth-order valence-electron chi connectivity index (χ4n) is 2.48. The molecule has 1 atom stereocenters. The maximum Gasteiger partial charge on any atom is 0.0725 e. The number of hydrogen-bond acceptors (Lipinski definition) is 4. The average molecular weight is 334 g/mol. The van der Waals surface area contributed by atoms with Crippen molar-refractivity contribution in [1.29, 1.82) is 0 Å². The number of hydrazine groups is 1. The molecule has 0 aliphatic carbocycles. The Morgan fingerprint density at radius 1 is 1.25 bits per heavy atom. The minimum absolute atomic E-state index is 0.0667. The first-order valence-corrected chi connectivity index (χ1v) is 7.30. The smallest absolute Gasteiger partial charge is 0.0725 e. The van der Waals surface area contributed by atoms with Crippen LogP contribution in [0.4, 0.5) is 0 Å². The predicted octanol–water partition coefficient (Wildman–Crippen LogP) is 2.62. The van der Waals surface area contributed by atoms with Gasteiger partial charge in [0.05, 0.1) is 19.3 Å².